The molecule has 16 nitrogen and oxygen atoms in total. The molecule has 18 heteroatoms. The number of fused-ring (bicyclic) bond motifs is 10. The topological polar surface area (TPSA) is 193 Å². The number of aromatic amines is 2. The molecule has 4 amide bonds. The molecule has 13 rings (SSSR count). The summed E-state index contributed by atoms with van der Waals surface area (Å²) in [6.07, 6.45) is 12.2. The van der Waals surface area contributed by atoms with E-state index in [9.17, 15) is 19.2 Å². The largest absolute Gasteiger partial charge is 0.487 e. The van der Waals surface area contributed by atoms with Gasteiger partial charge in [0.2, 0.25) is 11.8 Å². The molecule has 4 aromatic carbocycles. The van der Waals surface area contributed by atoms with Gasteiger partial charge in [0, 0.05) is 97.1 Å². The predicted octanol–water partition coefficient (Wildman–Crippen LogP) is 8.96. The van der Waals surface area contributed by atoms with Gasteiger partial charge in [-0.1, -0.05) is 103 Å². The Labute approximate surface area is 469 Å². The minimum Gasteiger partial charge on any atom is -0.400 e. The van der Waals surface area contributed by atoms with Gasteiger partial charge in [-0.05, 0) is 73.5 Å². The van der Waals surface area contributed by atoms with Gasteiger partial charge in [-0.25, -0.2) is 0 Å². The van der Waals surface area contributed by atoms with Gasteiger partial charge in [-0.15, -0.1) is 0 Å². The molecule has 5 aliphatic heterocycles. The van der Waals surface area contributed by atoms with Gasteiger partial charge in [0.05, 0.1) is 84.0 Å². The number of hydrogen-bond donors (Lipinski definition) is 4. The molecule has 0 radical (unpaired) electrons. The molecule has 410 valence electrons. The molecule has 3 saturated heterocycles. The number of amides is 4. The van der Waals surface area contributed by atoms with Crippen LogP contribution in [0.2, 0.25) is 5.15 Å². The van der Waals surface area contributed by atoms with E-state index in [-0.39, 0.29) is 41.9 Å². The Morgan fingerprint density at radius 3 is 1.62 bits per heavy atom. The van der Waals surface area contributed by atoms with E-state index >= 15 is 0 Å². The molecule has 0 saturated carbocycles. The molecule has 0 atom stereocenters. The fourth-order valence-corrected chi connectivity index (χ4v) is 10.9. The van der Waals surface area contributed by atoms with Crippen LogP contribution in [0.1, 0.15) is 87.7 Å². The second-order valence-electron chi connectivity index (χ2n) is 21.6. The maximum atomic E-state index is 12.6. The highest BCUT2D eigenvalue weighted by atomic mass is 35.5. The molecule has 8 aromatic rings. The predicted molar refractivity (Wildman–Crippen MR) is 313 cm³/mol. The Balaban J connectivity index is 0.000000133. The fraction of sp³-hybridized carbons (Fsp3) is 0.323. The second kappa shape index (κ2) is 23.2. The molecule has 0 bridgehead atoms. The van der Waals surface area contributed by atoms with Gasteiger partial charge in [0.15, 0.2) is 0 Å². The standard InChI is InChI=1S/C28H26N4O3.C20H28BNO4.C14H10ClN3O/c33-25(32-10-12-35-13-11-32)15-19-3-1-2-18(14-19)4-6-21-16-23-20(17-30-21)5-7-22-26-24(31-27(22)23)8-9-29-28(26)34;1-19(2)20(3,4)26-21(25-19)9-8-16-6-5-7-17(14-16)15-18(23)22-10-12-24-13-11-22;15-11-5-9-7(6-17-11)1-2-8-12-10(18-13(8)9)3-4-16-14(12)19/h1-7,14,16-17,30H,8-13,15H2,(H,29,34);5-9,14H,10-13,15H2,1-4H3;1-2,5-6,17H,3-4H2,(H,16,19)/b6-4+;9-8+;. The summed E-state index contributed by atoms with van der Waals surface area (Å²) in [5.41, 5.74) is 9.25. The van der Waals surface area contributed by atoms with E-state index < -0.39 is 0 Å². The van der Waals surface area contributed by atoms with E-state index in [1.165, 1.54) is 0 Å². The molecule has 3 fully saturated rings. The van der Waals surface area contributed by atoms with Crippen LogP contribution in [0.5, 0.6) is 0 Å². The third-order valence-electron chi connectivity index (χ3n) is 15.7. The Hall–Kier alpha value is -7.67. The molecular weight excluding hydrogens is 1030 g/mol. The normalized spacial score (nSPS) is 17.7. The van der Waals surface area contributed by atoms with Crippen molar-refractivity contribution < 1.29 is 38.0 Å². The van der Waals surface area contributed by atoms with Gasteiger partial charge in [0.25, 0.3) is 11.8 Å². The van der Waals surface area contributed by atoms with E-state index in [4.69, 9.17) is 35.4 Å². The minimum atomic E-state index is -0.362. The monoisotopic (exact) mass is 1090 g/mol. The lowest BCUT2D eigenvalue weighted by Gasteiger charge is -2.32. The van der Waals surface area contributed by atoms with Crippen molar-refractivity contribution in [2.75, 3.05) is 65.7 Å². The van der Waals surface area contributed by atoms with Crippen LogP contribution in [0, 0.1) is 0 Å². The quantitative estimate of drug-likeness (QED) is 0.0844. The number of halogens is 1. The first-order valence-electron chi connectivity index (χ1n) is 27.4. The van der Waals surface area contributed by atoms with E-state index in [0.717, 1.165) is 95.5 Å². The van der Waals surface area contributed by atoms with Crippen LogP contribution >= 0.6 is 11.6 Å². The molecule has 4 aromatic heterocycles. The number of rotatable bonds is 8. The summed E-state index contributed by atoms with van der Waals surface area (Å²) in [4.78, 5) is 68.9. The lowest BCUT2D eigenvalue weighted by Crippen LogP contribution is -2.41. The average Bonchev–Trinajstić information content (AvgIpc) is 4.21. The van der Waals surface area contributed by atoms with Gasteiger partial charge in [-0.3, -0.25) is 29.1 Å². The molecule has 0 unspecified atom stereocenters. The lowest BCUT2D eigenvalue weighted by molar-refractivity contribution is -0.135. The Morgan fingerprint density at radius 2 is 1.10 bits per heavy atom. The SMILES string of the molecule is CC1(C)OB(/C=C/c2cccc(CC(=O)N3CCOCC3)c2)OC1(C)C.O=C1NCCc2nc3c(ccc4c[nH]c(/C=C/c5cccc(CC(=O)N6CCOCC6)c5)cc43)c21.O=C1NCCc2nc3c(ccc4c[nH]c(Cl)cc43)c21. The highest BCUT2D eigenvalue weighted by Crippen LogP contribution is 2.37. The third-order valence-corrected chi connectivity index (χ3v) is 15.9. The summed E-state index contributed by atoms with van der Waals surface area (Å²) in [6.45, 7) is 14.6. The first kappa shape index (κ1) is 54.3. The molecule has 9 heterocycles. The smallest absolute Gasteiger partial charge is 0.400 e. The number of H-pyrrole nitrogens is 2. The molecule has 4 N–H and O–H groups in total. The molecule has 80 heavy (non-hydrogen) atoms. The van der Waals surface area contributed by atoms with Gasteiger partial charge >= 0.3 is 7.12 Å². The Bertz CT molecular complexity index is 3730. The maximum absolute atomic E-state index is 12.6. The number of benzene rings is 4. The second-order valence-corrected chi connectivity index (χ2v) is 22.0. The number of nitrogens with zero attached hydrogens (tertiary/aromatic N) is 4. The van der Waals surface area contributed by atoms with Crippen LogP contribution in [-0.2, 0) is 54.1 Å². The van der Waals surface area contributed by atoms with Crippen LogP contribution in [0.3, 0.4) is 0 Å². The average molecular weight is 1100 g/mol. The number of morpholine rings is 2. The fourth-order valence-electron chi connectivity index (χ4n) is 10.7. The Morgan fingerprint density at radius 1 is 0.613 bits per heavy atom. The number of carbonyl (C=O) groups excluding carboxylic acids is 4. The van der Waals surface area contributed by atoms with Gasteiger partial charge in [-0.2, -0.15) is 0 Å². The van der Waals surface area contributed by atoms with Crippen LogP contribution in [-0.4, -0.2) is 137 Å². The number of nitrogens with one attached hydrogen (secondary N) is 4. The number of hydrogen-bond acceptors (Lipinski definition) is 10. The van der Waals surface area contributed by atoms with Crippen molar-refractivity contribution in [3.8, 4) is 0 Å². The zero-order chi connectivity index (χ0) is 55.5. The van der Waals surface area contributed by atoms with Crippen molar-refractivity contribution >= 4 is 104 Å². The highest BCUT2D eigenvalue weighted by molar-refractivity contribution is 6.52. The van der Waals surface area contributed by atoms with E-state index in [0.29, 0.717) is 94.8 Å². The third kappa shape index (κ3) is 11.8. The van der Waals surface area contributed by atoms with Crippen molar-refractivity contribution in [3.63, 3.8) is 0 Å². The minimum absolute atomic E-state index is 0.0308. The first-order valence-corrected chi connectivity index (χ1v) is 27.7. The number of aromatic nitrogens is 4. The summed E-state index contributed by atoms with van der Waals surface area (Å²) < 4.78 is 22.6. The van der Waals surface area contributed by atoms with E-state index in [1.54, 1.807) is 0 Å². The number of ether oxygens (including phenoxy) is 2. The van der Waals surface area contributed by atoms with Crippen molar-refractivity contribution in [1.29, 1.82) is 0 Å². The molecule has 0 spiro atoms. The van der Waals surface area contributed by atoms with Crippen LogP contribution in [0.4, 0.5) is 0 Å². The Kier molecular flexibility index (Phi) is 15.7. The van der Waals surface area contributed by atoms with Crippen molar-refractivity contribution in [2.45, 2.75) is 64.6 Å². The summed E-state index contributed by atoms with van der Waals surface area (Å²) in [5.74, 6) is 2.15. The van der Waals surface area contributed by atoms with Crippen molar-refractivity contribution in [3.05, 3.63) is 159 Å². The summed E-state index contributed by atoms with van der Waals surface area (Å²) in [7, 11) is -0.362. The number of carbonyl (C=O) groups is 4. The first-order chi connectivity index (χ1) is 38.7. The van der Waals surface area contributed by atoms with Gasteiger partial charge < -0.3 is 49.2 Å². The van der Waals surface area contributed by atoms with E-state index in [2.05, 4.69) is 37.7 Å². The van der Waals surface area contributed by atoms with Crippen molar-refractivity contribution in [2.24, 2.45) is 0 Å². The summed E-state index contributed by atoms with van der Waals surface area (Å²) in [6, 6.07) is 28.0. The molecule has 0 aliphatic carbocycles. The number of pyridine rings is 2. The zero-order valence-electron chi connectivity index (χ0n) is 45.5. The lowest BCUT2D eigenvalue weighted by atomic mass is 9.89. The van der Waals surface area contributed by atoms with Gasteiger partial charge in [0.1, 0.15) is 5.15 Å². The van der Waals surface area contributed by atoms with Crippen LogP contribution in [0.25, 0.3) is 61.6 Å². The van der Waals surface area contributed by atoms with Crippen LogP contribution < -0.4 is 10.6 Å². The zero-order valence-corrected chi connectivity index (χ0v) is 46.2. The molecule has 5 aliphatic rings. The summed E-state index contributed by atoms with van der Waals surface area (Å²) >= 11 is 6.01. The van der Waals surface area contributed by atoms with Crippen LogP contribution in [0.15, 0.2) is 103 Å². The van der Waals surface area contributed by atoms with E-state index in [1.807, 2.05) is 147 Å². The maximum Gasteiger partial charge on any atom is 0.487 e. The molecular formula is C62H64BClN8O8. The summed E-state index contributed by atoms with van der Waals surface area (Å²) in [5, 5.41) is 12.2. The highest BCUT2D eigenvalue weighted by Gasteiger charge is 2.50. The van der Waals surface area contributed by atoms with Crippen molar-refractivity contribution in [1.82, 2.24) is 40.4 Å².